The number of carbonyl (C=O) groups excluding carboxylic acids is 1. The number of amides is 1. The lowest BCUT2D eigenvalue weighted by atomic mass is 10.3. The summed E-state index contributed by atoms with van der Waals surface area (Å²) >= 11 is 1.22. The Hall–Kier alpha value is -1.14. The van der Waals surface area contributed by atoms with Gasteiger partial charge in [-0.25, -0.2) is 4.98 Å². The summed E-state index contributed by atoms with van der Waals surface area (Å²) in [6.07, 6.45) is 0. The summed E-state index contributed by atoms with van der Waals surface area (Å²) in [6, 6.07) is 0.300. The molecule has 1 rings (SSSR count). The average molecular weight is 242 g/mol. The first kappa shape index (κ1) is 12.9. The zero-order valence-corrected chi connectivity index (χ0v) is 10.9. The third kappa shape index (κ3) is 3.18. The number of nitrogens with one attached hydrogen (secondary N) is 1. The molecule has 1 aromatic rings. The zero-order valence-electron chi connectivity index (χ0n) is 10.1. The number of rotatable bonds is 4. The van der Waals surface area contributed by atoms with E-state index in [0.717, 1.165) is 0 Å². The first-order valence-corrected chi connectivity index (χ1v) is 5.91. The van der Waals surface area contributed by atoms with E-state index < -0.39 is 0 Å². The zero-order chi connectivity index (χ0) is 12.3. The van der Waals surface area contributed by atoms with Crippen molar-refractivity contribution in [2.24, 2.45) is 0 Å². The average Bonchev–Trinajstić information content (AvgIpc) is 2.53. The number of likely N-dealkylation sites (N-methyl/N-ethyl adjacent to an activating group) is 1. The molecular formula is C10H18N4OS. The van der Waals surface area contributed by atoms with Gasteiger partial charge in [0.15, 0.2) is 5.13 Å². The van der Waals surface area contributed by atoms with Crippen LogP contribution in [0.15, 0.2) is 0 Å². The van der Waals surface area contributed by atoms with E-state index in [0.29, 0.717) is 28.3 Å². The van der Waals surface area contributed by atoms with E-state index in [1.807, 2.05) is 25.9 Å². The summed E-state index contributed by atoms with van der Waals surface area (Å²) in [5, 5.41) is 3.30. The molecule has 6 heteroatoms. The van der Waals surface area contributed by atoms with Gasteiger partial charge in [-0.15, -0.1) is 0 Å². The Labute approximate surface area is 99.7 Å². The molecule has 0 radical (unpaired) electrons. The van der Waals surface area contributed by atoms with Gasteiger partial charge in [-0.2, -0.15) is 0 Å². The molecule has 0 fully saturated rings. The van der Waals surface area contributed by atoms with E-state index in [-0.39, 0.29) is 5.91 Å². The lowest BCUT2D eigenvalue weighted by Crippen LogP contribution is -2.38. The largest absolute Gasteiger partial charge is 0.375 e. The van der Waals surface area contributed by atoms with Crippen molar-refractivity contribution in [3.8, 4) is 0 Å². The molecule has 0 aliphatic rings. The Bertz CT molecular complexity index is 375. The number of aryl methyl sites for hydroxylation is 1. The molecule has 1 unspecified atom stereocenters. The highest BCUT2D eigenvalue weighted by Crippen LogP contribution is 2.19. The van der Waals surface area contributed by atoms with Gasteiger partial charge in [-0.05, 0) is 27.9 Å². The van der Waals surface area contributed by atoms with Gasteiger partial charge < -0.3 is 16.0 Å². The van der Waals surface area contributed by atoms with E-state index in [4.69, 9.17) is 5.73 Å². The standard InChI is InChI=1S/C10H18N4OS/c1-6(14(3)4)5-12-9(15)8-7(2)13-10(11)16-8/h6H,5H2,1-4H3,(H2,11,13)(H,12,15). The third-order valence-electron chi connectivity index (χ3n) is 2.46. The second-order valence-electron chi connectivity index (χ2n) is 3.99. The maximum Gasteiger partial charge on any atom is 0.263 e. The van der Waals surface area contributed by atoms with Gasteiger partial charge >= 0.3 is 0 Å². The molecule has 1 amide bonds. The SMILES string of the molecule is Cc1nc(N)sc1C(=O)NCC(C)N(C)C. The van der Waals surface area contributed by atoms with Gasteiger partial charge in [-0.1, -0.05) is 11.3 Å². The smallest absolute Gasteiger partial charge is 0.263 e. The molecule has 1 atom stereocenters. The number of carbonyl (C=O) groups is 1. The van der Waals surface area contributed by atoms with Gasteiger partial charge in [0.1, 0.15) is 4.88 Å². The van der Waals surface area contributed by atoms with Crippen LogP contribution >= 0.6 is 11.3 Å². The van der Waals surface area contributed by atoms with Crippen LogP contribution in [0.2, 0.25) is 0 Å². The van der Waals surface area contributed by atoms with Crippen LogP contribution in [-0.4, -0.2) is 42.5 Å². The lowest BCUT2D eigenvalue weighted by Gasteiger charge is -2.19. The van der Waals surface area contributed by atoms with Gasteiger partial charge in [0.2, 0.25) is 0 Å². The number of nitrogens with two attached hydrogens (primary N) is 1. The molecule has 1 aromatic heterocycles. The van der Waals surface area contributed by atoms with Crippen LogP contribution in [0.3, 0.4) is 0 Å². The summed E-state index contributed by atoms with van der Waals surface area (Å²) in [5.41, 5.74) is 6.23. The van der Waals surface area contributed by atoms with Gasteiger partial charge in [0, 0.05) is 12.6 Å². The molecule has 0 spiro atoms. The summed E-state index contributed by atoms with van der Waals surface area (Å²) in [5.74, 6) is -0.0969. The first-order chi connectivity index (χ1) is 7.41. The molecular weight excluding hydrogens is 224 g/mol. The molecule has 0 saturated carbocycles. The quantitative estimate of drug-likeness (QED) is 0.816. The third-order valence-corrected chi connectivity index (χ3v) is 3.44. The molecule has 0 aliphatic carbocycles. The number of hydrogen-bond acceptors (Lipinski definition) is 5. The van der Waals surface area contributed by atoms with Crippen LogP contribution in [0.4, 0.5) is 5.13 Å². The number of nitrogen functional groups attached to an aromatic ring is 1. The molecule has 0 aromatic carbocycles. The van der Waals surface area contributed by atoms with Crippen LogP contribution in [0.1, 0.15) is 22.3 Å². The number of anilines is 1. The van der Waals surface area contributed by atoms with Crippen molar-refractivity contribution in [2.45, 2.75) is 19.9 Å². The molecule has 0 aliphatic heterocycles. The monoisotopic (exact) mass is 242 g/mol. The van der Waals surface area contributed by atoms with E-state index in [1.54, 1.807) is 6.92 Å². The Balaban J connectivity index is 2.56. The van der Waals surface area contributed by atoms with Crippen molar-refractivity contribution in [3.05, 3.63) is 10.6 Å². The van der Waals surface area contributed by atoms with E-state index in [2.05, 4.69) is 10.3 Å². The summed E-state index contributed by atoms with van der Waals surface area (Å²) in [6.45, 7) is 4.45. The number of thiazole rings is 1. The second-order valence-corrected chi connectivity index (χ2v) is 5.02. The predicted molar refractivity (Wildman–Crippen MR) is 66.7 cm³/mol. The fourth-order valence-electron chi connectivity index (χ4n) is 1.13. The van der Waals surface area contributed by atoms with Crippen molar-refractivity contribution in [2.75, 3.05) is 26.4 Å². The lowest BCUT2D eigenvalue weighted by molar-refractivity contribution is 0.0947. The van der Waals surface area contributed by atoms with Crippen molar-refractivity contribution in [1.82, 2.24) is 15.2 Å². The van der Waals surface area contributed by atoms with Crippen molar-refractivity contribution >= 4 is 22.4 Å². The maximum absolute atomic E-state index is 11.8. The van der Waals surface area contributed by atoms with E-state index >= 15 is 0 Å². The van der Waals surface area contributed by atoms with Crippen molar-refractivity contribution < 1.29 is 4.79 Å². The highest BCUT2D eigenvalue weighted by atomic mass is 32.1. The van der Waals surface area contributed by atoms with Crippen molar-refractivity contribution in [1.29, 1.82) is 0 Å². The van der Waals surface area contributed by atoms with Crippen LogP contribution < -0.4 is 11.1 Å². The molecule has 3 N–H and O–H groups in total. The fraction of sp³-hybridized carbons (Fsp3) is 0.600. The maximum atomic E-state index is 11.8. The minimum Gasteiger partial charge on any atom is -0.375 e. The van der Waals surface area contributed by atoms with Crippen LogP contribution in [0, 0.1) is 6.92 Å². The number of nitrogens with zero attached hydrogens (tertiary/aromatic N) is 2. The molecule has 16 heavy (non-hydrogen) atoms. The predicted octanol–water partition coefficient (Wildman–Crippen LogP) is 0.714. The fourth-order valence-corrected chi connectivity index (χ4v) is 1.88. The summed E-state index contributed by atoms with van der Waals surface area (Å²) < 4.78 is 0. The topological polar surface area (TPSA) is 71.2 Å². The summed E-state index contributed by atoms with van der Waals surface area (Å²) in [7, 11) is 3.96. The van der Waals surface area contributed by atoms with E-state index in [1.165, 1.54) is 11.3 Å². The first-order valence-electron chi connectivity index (χ1n) is 5.09. The van der Waals surface area contributed by atoms with E-state index in [9.17, 15) is 4.79 Å². The minimum absolute atomic E-state index is 0.0969. The molecule has 0 bridgehead atoms. The number of hydrogen-bond donors (Lipinski definition) is 2. The molecule has 5 nitrogen and oxygen atoms in total. The summed E-state index contributed by atoms with van der Waals surface area (Å²) in [4.78, 5) is 18.5. The van der Waals surface area contributed by atoms with Crippen LogP contribution in [-0.2, 0) is 0 Å². The molecule has 1 heterocycles. The molecule has 90 valence electrons. The van der Waals surface area contributed by atoms with Gasteiger partial charge in [0.05, 0.1) is 5.69 Å². The van der Waals surface area contributed by atoms with Crippen LogP contribution in [0.25, 0.3) is 0 Å². The highest BCUT2D eigenvalue weighted by molar-refractivity contribution is 7.17. The number of aromatic nitrogens is 1. The Morgan fingerprint density at radius 2 is 2.25 bits per heavy atom. The molecule has 0 saturated heterocycles. The minimum atomic E-state index is -0.0969. The normalized spacial score (nSPS) is 12.8. The Kier molecular flexibility index (Phi) is 4.26. The Morgan fingerprint density at radius 1 is 1.62 bits per heavy atom. The Morgan fingerprint density at radius 3 is 2.69 bits per heavy atom. The highest BCUT2D eigenvalue weighted by Gasteiger charge is 2.15. The van der Waals surface area contributed by atoms with Crippen LogP contribution in [0.5, 0.6) is 0 Å². The van der Waals surface area contributed by atoms with Crippen molar-refractivity contribution in [3.63, 3.8) is 0 Å². The van der Waals surface area contributed by atoms with Gasteiger partial charge in [-0.3, -0.25) is 4.79 Å². The van der Waals surface area contributed by atoms with Gasteiger partial charge in [0.25, 0.3) is 5.91 Å². The second kappa shape index (κ2) is 5.27.